The van der Waals surface area contributed by atoms with Gasteiger partial charge in [0.05, 0.1) is 0 Å². The summed E-state index contributed by atoms with van der Waals surface area (Å²) in [5, 5.41) is 9.23. The van der Waals surface area contributed by atoms with Gasteiger partial charge in [0.1, 0.15) is 5.82 Å². The van der Waals surface area contributed by atoms with E-state index in [4.69, 9.17) is 4.74 Å². The molecule has 3 rings (SSSR count). The first-order valence-corrected chi connectivity index (χ1v) is 8.16. The van der Waals surface area contributed by atoms with E-state index in [1.165, 1.54) is 12.0 Å². The highest BCUT2D eigenvalue weighted by Gasteiger charge is 2.15. The standard InChI is InChI=1S/C16H24N4O2/c21-16(20-14-6-10-22-11-7-14)18-9-5-13-4-3-12-2-1-8-17-15(12)19-13/h3-4,14H,1-2,5-11H2,(H,17,19)(H2,18,20,21). The van der Waals surface area contributed by atoms with E-state index in [9.17, 15) is 4.79 Å². The molecule has 0 atom stereocenters. The normalized spacial score (nSPS) is 18.2. The lowest BCUT2D eigenvalue weighted by atomic mass is 10.1. The van der Waals surface area contributed by atoms with Gasteiger partial charge in [-0.05, 0) is 37.3 Å². The van der Waals surface area contributed by atoms with Crippen molar-refractivity contribution in [1.29, 1.82) is 0 Å². The van der Waals surface area contributed by atoms with Crippen molar-refractivity contribution in [2.75, 3.05) is 31.6 Å². The third-order valence-corrected chi connectivity index (χ3v) is 4.18. The molecule has 0 unspecified atom stereocenters. The number of nitrogens with zero attached hydrogens (tertiary/aromatic N) is 1. The van der Waals surface area contributed by atoms with Gasteiger partial charge in [-0.2, -0.15) is 0 Å². The first-order chi connectivity index (χ1) is 10.8. The number of hydrogen-bond acceptors (Lipinski definition) is 4. The molecule has 2 amide bonds. The highest BCUT2D eigenvalue weighted by Crippen LogP contribution is 2.19. The van der Waals surface area contributed by atoms with E-state index in [-0.39, 0.29) is 12.1 Å². The number of nitrogens with one attached hydrogen (secondary N) is 3. The Bertz CT molecular complexity index is 515. The Morgan fingerprint density at radius 2 is 2.23 bits per heavy atom. The molecule has 6 heteroatoms. The largest absolute Gasteiger partial charge is 0.381 e. The fraction of sp³-hybridized carbons (Fsp3) is 0.625. The van der Waals surface area contributed by atoms with Crippen LogP contribution in [0.15, 0.2) is 12.1 Å². The molecular formula is C16H24N4O2. The maximum atomic E-state index is 11.8. The van der Waals surface area contributed by atoms with Crippen molar-refractivity contribution in [3.63, 3.8) is 0 Å². The third-order valence-electron chi connectivity index (χ3n) is 4.18. The van der Waals surface area contributed by atoms with Crippen molar-refractivity contribution in [3.8, 4) is 0 Å². The average Bonchev–Trinajstić information content (AvgIpc) is 2.55. The Balaban J connectivity index is 1.41. The van der Waals surface area contributed by atoms with Gasteiger partial charge in [-0.3, -0.25) is 0 Å². The molecule has 0 aromatic carbocycles. The number of hydrogen-bond donors (Lipinski definition) is 3. The van der Waals surface area contributed by atoms with Crippen LogP contribution in [0.3, 0.4) is 0 Å². The van der Waals surface area contributed by atoms with Crippen LogP contribution in [0.5, 0.6) is 0 Å². The number of carbonyl (C=O) groups is 1. The molecule has 1 aromatic heterocycles. The second-order valence-corrected chi connectivity index (χ2v) is 5.88. The van der Waals surface area contributed by atoms with Gasteiger partial charge in [-0.25, -0.2) is 9.78 Å². The van der Waals surface area contributed by atoms with Crippen molar-refractivity contribution in [1.82, 2.24) is 15.6 Å². The summed E-state index contributed by atoms with van der Waals surface area (Å²) in [6, 6.07) is 4.35. The van der Waals surface area contributed by atoms with E-state index < -0.39 is 0 Å². The smallest absolute Gasteiger partial charge is 0.315 e. The van der Waals surface area contributed by atoms with Crippen molar-refractivity contribution in [2.24, 2.45) is 0 Å². The van der Waals surface area contributed by atoms with Crippen LogP contribution in [0.1, 0.15) is 30.5 Å². The summed E-state index contributed by atoms with van der Waals surface area (Å²) in [4.78, 5) is 16.5. The summed E-state index contributed by atoms with van der Waals surface area (Å²) in [7, 11) is 0. The predicted octanol–water partition coefficient (Wildman–Crippen LogP) is 1.46. The molecule has 6 nitrogen and oxygen atoms in total. The number of amides is 2. The van der Waals surface area contributed by atoms with Crippen molar-refractivity contribution < 1.29 is 9.53 Å². The number of aryl methyl sites for hydroxylation is 1. The maximum absolute atomic E-state index is 11.8. The first kappa shape index (κ1) is 15.1. The second-order valence-electron chi connectivity index (χ2n) is 5.88. The van der Waals surface area contributed by atoms with Gasteiger partial charge >= 0.3 is 6.03 Å². The number of carbonyl (C=O) groups excluding carboxylic acids is 1. The lowest BCUT2D eigenvalue weighted by molar-refractivity contribution is 0.0801. The van der Waals surface area contributed by atoms with E-state index in [0.717, 1.165) is 57.0 Å². The topological polar surface area (TPSA) is 75.3 Å². The van der Waals surface area contributed by atoms with Crippen LogP contribution in [0.4, 0.5) is 10.6 Å². The molecule has 0 bridgehead atoms. The number of urea groups is 1. The SMILES string of the molecule is O=C(NCCc1ccc2c(n1)NCCC2)NC1CCOCC1. The summed E-state index contributed by atoms with van der Waals surface area (Å²) < 4.78 is 5.28. The van der Waals surface area contributed by atoms with Crippen LogP contribution in [-0.2, 0) is 17.6 Å². The van der Waals surface area contributed by atoms with Crippen LogP contribution in [-0.4, -0.2) is 43.4 Å². The van der Waals surface area contributed by atoms with Gasteiger partial charge in [-0.15, -0.1) is 0 Å². The molecular weight excluding hydrogens is 280 g/mol. The lowest BCUT2D eigenvalue weighted by Crippen LogP contribution is -2.45. The lowest BCUT2D eigenvalue weighted by Gasteiger charge is -2.23. The maximum Gasteiger partial charge on any atom is 0.315 e. The van der Waals surface area contributed by atoms with E-state index in [1.807, 2.05) is 0 Å². The minimum atomic E-state index is -0.0945. The summed E-state index contributed by atoms with van der Waals surface area (Å²) in [6.07, 6.45) is 4.80. The predicted molar refractivity (Wildman–Crippen MR) is 85.1 cm³/mol. The summed E-state index contributed by atoms with van der Waals surface area (Å²) in [5.41, 5.74) is 2.31. The quantitative estimate of drug-likeness (QED) is 0.787. The van der Waals surface area contributed by atoms with Gasteiger partial charge in [0.15, 0.2) is 0 Å². The number of rotatable bonds is 4. The molecule has 0 spiro atoms. The summed E-state index contributed by atoms with van der Waals surface area (Å²) in [6.45, 7) is 3.06. The number of ether oxygens (including phenoxy) is 1. The van der Waals surface area contributed by atoms with Crippen LogP contribution in [0, 0.1) is 0 Å². The van der Waals surface area contributed by atoms with Gasteiger partial charge < -0.3 is 20.7 Å². The Morgan fingerprint density at radius 1 is 1.36 bits per heavy atom. The van der Waals surface area contributed by atoms with Crippen LogP contribution in [0.25, 0.3) is 0 Å². The van der Waals surface area contributed by atoms with E-state index in [2.05, 4.69) is 33.1 Å². The molecule has 0 aliphatic carbocycles. The van der Waals surface area contributed by atoms with E-state index >= 15 is 0 Å². The molecule has 0 saturated carbocycles. The fourth-order valence-corrected chi connectivity index (χ4v) is 2.89. The van der Waals surface area contributed by atoms with Crippen LogP contribution < -0.4 is 16.0 Å². The zero-order valence-electron chi connectivity index (χ0n) is 12.9. The van der Waals surface area contributed by atoms with E-state index in [1.54, 1.807) is 0 Å². The molecule has 3 N–H and O–H groups in total. The minimum absolute atomic E-state index is 0.0945. The van der Waals surface area contributed by atoms with Gasteiger partial charge in [-0.1, -0.05) is 6.07 Å². The highest BCUT2D eigenvalue weighted by molar-refractivity contribution is 5.74. The molecule has 1 fully saturated rings. The van der Waals surface area contributed by atoms with Crippen LogP contribution >= 0.6 is 0 Å². The third kappa shape index (κ3) is 4.10. The number of pyridine rings is 1. The van der Waals surface area contributed by atoms with E-state index in [0.29, 0.717) is 6.54 Å². The zero-order chi connectivity index (χ0) is 15.2. The molecule has 0 radical (unpaired) electrons. The number of anilines is 1. The second kappa shape index (κ2) is 7.45. The van der Waals surface area contributed by atoms with Crippen molar-refractivity contribution in [2.45, 2.75) is 38.1 Å². The first-order valence-electron chi connectivity index (χ1n) is 8.16. The zero-order valence-corrected chi connectivity index (χ0v) is 12.9. The molecule has 120 valence electrons. The highest BCUT2D eigenvalue weighted by atomic mass is 16.5. The monoisotopic (exact) mass is 304 g/mol. The molecule has 3 heterocycles. The Morgan fingerprint density at radius 3 is 3.09 bits per heavy atom. The summed E-state index contributed by atoms with van der Waals surface area (Å²) in [5.74, 6) is 1.01. The number of fused-ring (bicyclic) bond motifs is 1. The van der Waals surface area contributed by atoms with Crippen LogP contribution in [0.2, 0.25) is 0 Å². The molecule has 1 saturated heterocycles. The average molecular weight is 304 g/mol. The Hall–Kier alpha value is -1.82. The van der Waals surface area contributed by atoms with Gasteiger partial charge in [0, 0.05) is 44.5 Å². The summed E-state index contributed by atoms with van der Waals surface area (Å²) >= 11 is 0. The van der Waals surface area contributed by atoms with Crippen molar-refractivity contribution in [3.05, 3.63) is 23.4 Å². The minimum Gasteiger partial charge on any atom is -0.381 e. The molecule has 2 aliphatic rings. The molecule has 1 aromatic rings. The van der Waals surface area contributed by atoms with Crippen molar-refractivity contribution >= 4 is 11.8 Å². The Kier molecular flexibility index (Phi) is 5.11. The Labute approximate surface area is 131 Å². The van der Waals surface area contributed by atoms with Gasteiger partial charge in [0.2, 0.25) is 0 Å². The fourth-order valence-electron chi connectivity index (χ4n) is 2.89. The number of aromatic nitrogens is 1. The van der Waals surface area contributed by atoms with Gasteiger partial charge in [0.25, 0.3) is 0 Å². The molecule has 2 aliphatic heterocycles. The molecule has 22 heavy (non-hydrogen) atoms.